The van der Waals surface area contributed by atoms with Gasteiger partial charge in [-0.05, 0) is 43.4 Å². The van der Waals surface area contributed by atoms with E-state index in [1.54, 1.807) is 6.07 Å². The van der Waals surface area contributed by atoms with Gasteiger partial charge in [-0.1, -0.05) is 29.8 Å². The molecular weight excluding hydrogens is 284 g/mol. The summed E-state index contributed by atoms with van der Waals surface area (Å²) in [6.45, 7) is 8.44. The van der Waals surface area contributed by atoms with Gasteiger partial charge in [-0.25, -0.2) is 0 Å². The molecule has 0 aliphatic carbocycles. The van der Waals surface area contributed by atoms with E-state index < -0.39 is 0 Å². The normalized spacial score (nSPS) is 23.6. The number of piperidine rings is 1. The van der Waals surface area contributed by atoms with Crippen LogP contribution in [0.15, 0.2) is 41.2 Å². The Kier molecular flexibility index (Phi) is 3.61. The number of fused-ring (bicyclic) bond motifs is 4. The van der Waals surface area contributed by atoms with E-state index in [0.717, 1.165) is 26.2 Å². The molecule has 0 amide bonds. The molecule has 0 radical (unpaired) electrons. The van der Waals surface area contributed by atoms with Crippen LogP contribution in [0.5, 0.6) is 0 Å². The predicted molar refractivity (Wildman–Crippen MR) is 92.7 cm³/mol. The van der Waals surface area contributed by atoms with E-state index in [4.69, 9.17) is 0 Å². The molecule has 0 unspecified atom stereocenters. The second-order valence-electron chi connectivity index (χ2n) is 7.32. The molecule has 1 aromatic heterocycles. The Morgan fingerprint density at radius 3 is 2.83 bits per heavy atom. The second kappa shape index (κ2) is 5.64. The van der Waals surface area contributed by atoms with Crippen molar-refractivity contribution >= 4 is 0 Å². The summed E-state index contributed by atoms with van der Waals surface area (Å²) in [6, 6.07) is 12.5. The number of pyridine rings is 1. The van der Waals surface area contributed by atoms with Gasteiger partial charge < -0.3 is 4.57 Å². The van der Waals surface area contributed by atoms with Crippen molar-refractivity contribution in [2.24, 2.45) is 5.92 Å². The number of nitrogens with zero attached hydrogens (tertiary/aromatic N) is 2. The van der Waals surface area contributed by atoms with Crippen molar-refractivity contribution < 1.29 is 0 Å². The Hall–Kier alpha value is -1.87. The molecule has 2 aliphatic rings. The Balaban J connectivity index is 1.59. The quantitative estimate of drug-likeness (QED) is 0.852. The third kappa shape index (κ3) is 2.74. The first-order valence-corrected chi connectivity index (χ1v) is 8.58. The summed E-state index contributed by atoms with van der Waals surface area (Å²) in [6.07, 6.45) is 1.23. The average Bonchev–Trinajstić information content (AvgIpc) is 2.52. The fraction of sp³-hybridized carbons (Fsp3) is 0.450. The van der Waals surface area contributed by atoms with Crippen LogP contribution in [0.2, 0.25) is 0 Å². The van der Waals surface area contributed by atoms with E-state index in [1.165, 1.54) is 28.8 Å². The molecule has 2 aromatic rings. The lowest BCUT2D eigenvalue weighted by Gasteiger charge is -2.43. The highest BCUT2D eigenvalue weighted by Crippen LogP contribution is 2.35. The molecule has 1 saturated heterocycles. The summed E-state index contributed by atoms with van der Waals surface area (Å²) in [5.41, 5.74) is 5.55. The Morgan fingerprint density at radius 1 is 1.09 bits per heavy atom. The van der Waals surface area contributed by atoms with Crippen LogP contribution in [0.25, 0.3) is 0 Å². The van der Waals surface area contributed by atoms with Crippen LogP contribution >= 0.6 is 0 Å². The molecule has 3 heteroatoms. The van der Waals surface area contributed by atoms with Crippen molar-refractivity contribution in [1.29, 1.82) is 0 Å². The summed E-state index contributed by atoms with van der Waals surface area (Å²) < 4.78 is 2.01. The number of benzene rings is 1. The van der Waals surface area contributed by atoms with E-state index in [-0.39, 0.29) is 5.56 Å². The molecule has 2 atom stereocenters. The molecule has 0 N–H and O–H groups in total. The van der Waals surface area contributed by atoms with Crippen molar-refractivity contribution in [2.45, 2.75) is 39.3 Å². The van der Waals surface area contributed by atoms with Crippen LogP contribution in [0.3, 0.4) is 0 Å². The number of likely N-dealkylation sites (tertiary alicyclic amines) is 1. The number of hydrogen-bond acceptors (Lipinski definition) is 2. The first-order valence-electron chi connectivity index (χ1n) is 8.58. The smallest absolute Gasteiger partial charge is 0.250 e. The number of aryl methyl sites for hydroxylation is 2. The highest BCUT2D eigenvalue weighted by molar-refractivity contribution is 5.30. The Bertz CT molecular complexity index is 792. The minimum Gasteiger partial charge on any atom is -0.312 e. The van der Waals surface area contributed by atoms with Crippen molar-refractivity contribution in [3.63, 3.8) is 0 Å². The second-order valence-corrected chi connectivity index (χ2v) is 7.32. The molecule has 120 valence electrons. The fourth-order valence-electron chi connectivity index (χ4n) is 4.34. The van der Waals surface area contributed by atoms with Gasteiger partial charge in [0.05, 0.1) is 0 Å². The first kappa shape index (κ1) is 14.7. The van der Waals surface area contributed by atoms with Crippen LogP contribution in [-0.2, 0) is 13.1 Å². The van der Waals surface area contributed by atoms with Gasteiger partial charge >= 0.3 is 0 Å². The molecule has 2 aliphatic heterocycles. The summed E-state index contributed by atoms with van der Waals surface area (Å²) >= 11 is 0. The number of aromatic nitrogens is 1. The zero-order chi connectivity index (χ0) is 16.0. The van der Waals surface area contributed by atoms with Crippen LogP contribution in [-0.4, -0.2) is 22.6 Å². The maximum atomic E-state index is 12.1. The molecule has 0 spiro atoms. The van der Waals surface area contributed by atoms with Gasteiger partial charge in [0.2, 0.25) is 0 Å². The van der Waals surface area contributed by atoms with E-state index in [1.807, 2.05) is 10.6 Å². The lowest BCUT2D eigenvalue weighted by molar-refractivity contribution is 0.114. The van der Waals surface area contributed by atoms with Gasteiger partial charge in [0.15, 0.2) is 0 Å². The SMILES string of the molecule is Cc1ccc(C)c(CN2C[C@@H]3C[C@H](C2)c2cccc(=O)n2C3)c1. The molecule has 1 fully saturated rings. The molecule has 2 bridgehead atoms. The van der Waals surface area contributed by atoms with Crippen LogP contribution in [0.4, 0.5) is 0 Å². The lowest BCUT2D eigenvalue weighted by Crippen LogP contribution is -2.46. The average molecular weight is 308 g/mol. The molecule has 3 nitrogen and oxygen atoms in total. The van der Waals surface area contributed by atoms with Gasteiger partial charge in [0, 0.05) is 43.9 Å². The minimum absolute atomic E-state index is 0.167. The molecule has 23 heavy (non-hydrogen) atoms. The summed E-state index contributed by atoms with van der Waals surface area (Å²) in [5, 5.41) is 0. The molecule has 0 saturated carbocycles. The molecule has 4 rings (SSSR count). The topological polar surface area (TPSA) is 25.2 Å². The van der Waals surface area contributed by atoms with Crippen LogP contribution < -0.4 is 5.56 Å². The maximum Gasteiger partial charge on any atom is 0.250 e. The molecular formula is C20H24N2O. The predicted octanol–water partition coefficient (Wildman–Crippen LogP) is 3.08. The van der Waals surface area contributed by atoms with Gasteiger partial charge in [0.1, 0.15) is 0 Å². The zero-order valence-electron chi connectivity index (χ0n) is 14.0. The molecule has 1 aromatic carbocycles. The van der Waals surface area contributed by atoms with E-state index in [2.05, 4.69) is 43.0 Å². The van der Waals surface area contributed by atoms with Crippen molar-refractivity contribution in [3.8, 4) is 0 Å². The highest BCUT2D eigenvalue weighted by Gasteiger charge is 2.34. The van der Waals surface area contributed by atoms with Crippen LogP contribution in [0, 0.1) is 19.8 Å². The largest absolute Gasteiger partial charge is 0.312 e. The number of hydrogen-bond donors (Lipinski definition) is 0. The van der Waals surface area contributed by atoms with E-state index in [9.17, 15) is 4.79 Å². The number of rotatable bonds is 2. The van der Waals surface area contributed by atoms with Crippen molar-refractivity contribution in [1.82, 2.24) is 9.47 Å². The van der Waals surface area contributed by atoms with Gasteiger partial charge in [-0.3, -0.25) is 9.69 Å². The van der Waals surface area contributed by atoms with E-state index in [0.29, 0.717) is 11.8 Å². The maximum absolute atomic E-state index is 12.1. The van der Waals surface area contributed by atoms with Gasteiger partial charge in [0.25, 0.3) is 5.56 Å². The summed E-state index contributed by atoms with van der Waals surface area (Å²) in [4.78, 5) is 14.7. The van der Waals surface area contributed by atoms with Gasteiger partial charge in [-0.2, -0.15) is 0 Å². The third-order valence-electron chi connectivity index (χ3n) is 5.45. The monoisotopic (exact) mass is 308 g/mol. The van der Waals surface area contributed by atoms with Crippen molar-refractivity contribution in [3.05, 3.63) is 69.1 Å². The Labute approximate surface area is 137 Å². The summed E-state index contributed by atoms with van der Waals surface area (Å²) in [7, 11) is 0. The standard InChI is InChI=1S/C20H24N2O/c1-14-6-7-15(2)17(8-14)12-21-10-16-9-18(13-21)19-4-3-5-20(23)22(19)11-16/h3-8,16,18H,9-13H2,1-2H3/t16-,18+/m0/s1. The zero-order valence-corrected chi connectivity index (χ0v) is 14.0. The summed E-state index contributed by atoms with van der Waals surface area (Å²) in [5.74, 6) is 1.10. The fourth-order valence-corrected chi connectivity index (χ4v) is 4.34. The third-order valence-corrected chi connectivity index (χ3v) is 5.45. The first-order chi connectivity index (χ1) is 11.1. The minimum atomic E-state index is 0.167. The van der Waals surface area contributed by atoms with E-state index >= 15 is 0 Å². The highest BCUT2D eigenvalue weighted by atomic mass is 16.1. The van der Waals surface area contributed by atoms with Gasteiger partial charge in [-0.15, -0.1) is 0 Å². The molecule has 3 heterocycles. The van der Waals surface area contributed by atoms with Crippen LogP contribution in [0.1, 0.15) is 34.7 Å². The lowest BCUT2D eigenvalue weighted by atomic mass is 9.83. The van der Waals surface area contributed by atoms with Crippen molar-refractivity contribution in [2.75, 3.05) is 13.1 Å². The Morgan fingerprint density at radius 2 is 1.96 bits per heavy atom.